The Balaban J connectivity index is 2.20. The van der Waals surface area contributed by atoms with Gasteiger partial charge in [-0.3, -0.25) is 0 Å². The fourth-order valence-corrected chi connectivity index (χ4v) is 2.02. The lowest BCUT2D eigenvalue weighted by Gasteiger charge is -2.20. The number of hydrogen-bond acceptors (Lipinski definition) is 3. The molecule has 3 heteroatoms. The first kappa shape index (κ1) is 9.90. The highest BCUT2D eigenvalue weighted by Gasteiger charge is 2.30. The fraction of sp³-hybridized carbons (Fsp3) is 0.0714. The van der Waals surface area contributed by atoms with Crippen molar-refractivity contribution in [3.8, 4) is 5.75 Å². The number of hydrogen-bond donors (Lipinski definition) is 0. The highest BCUT2D eigenvalue weighted by atomic mass is 16.7. The zero-order chi connectivity index (χ0) is 11.8. The van der Waals surface area contributed by atoms with Gasteiger partial charge in [-0.2, -0.15) is 0 Å². The summed E-state index contributed by atoms with van der Waals surface area (Å²) in [6, 6.07) is 7.38. The second-order valence-corrected chi connectivity index (χ2v) is 3.90. The van der Waals surface area contributed by atoms with Crippen molar-refractivity contribution in [1.82, 2.24) is 0 Å². The molecule has 0 fully saturated rings. The molecule has 3 rings (SSSR count). The van der Waals surface area contributed by atoms with Crippen molar-refractivity contribution in [3.05, 3.63) is 60.2 Å². The van der Waals surface area contributed by atoms with Crippen LogP contribution in [0.5, 0.6) is 5.75 Å². The van der Waals surface area contributed by atoms with E-state index in [0.29, 0.717) is 5.75 Å². The van der Waals surface area contributed by atoms with Crippen molar-refractivity contribution in [2.24, 2.45) is 0 Å². The number of carbonyl (C=O) groups excluding carboxylic acids is 1. The van der Waals surface area contributed by atoms with Crippen molar-refractivity contribution in [2.45, 2.75) is 6.10 Å². The van der Waals surface area contributed by atoms with Crippen LogP contribution in [0.4, 0.5) is 4.79 Å². The number of fused-ring (bicyclic) bond motifs is 3. The zero-order valence-electron chi connectivity index (χ0n) is 9.05. The predicted molar refractivity (Wildman–Crippen MR) is 63.6 cm³/mol. The zero-order valence-corrected chi connectivity index (χ0v) is 9.05. The maximum atomic E-state index is 11.5. The fourth-order valence-electron chi connectivity index (χ4n) is 2.02. The molecule has 0 amide bonds. The van der Waals surface area contributed by atoms with Crippen LogP contribution in [0.15, 0.2) is 54.6 Å². The lowest BCUT2D eigenvalue weighted by molar-refractivity contribution is 0.0945. The average Bonchev–Trinajstić information content (AvgIpc) is 2.46. The van der Waals surface area contributed by atoms with E-state index in [1.807, 2.05) is 36.4 Å². The smallest absolute Gasteiger partial charge is 0.421 e. The molecule has 2 aliphatic rings. The van der Waals surface area contributed by atoms with Gasteiger partial charge in [-0.05, 0) is 11.6 Å². The maximum absolute atomic E-state index is 11.5. The topological polar surface area (TPSA) is 35.5 Å². The van der Waals surface area contributed by atoms with Crippen LogP contribution in [-0.2, 0) is 4.74 Å². The van der Waals surface area contributed by atoms with E-state index in [1.54, 1.807) is 6.07 Å². The van der Waals surface area contributed by atoms with Crippen molar-refractivity contribution >= 4 is 11.7 Å². The molecule has 1 aliphatic carbocycles. The summed E-state index contributed by atoms with van der Waals surface area (Å²) in [7, 11) is 0. The third-order valence-corrected chi connectivity index (χ3v) is 2.81. The second-order valence-electron chi connectivity index (χ2n) is 3.90. The first-order chi connectivity index (χ1) is 8.25. The summed E-state index contributed by atoms with van der Waals surface area (Å²) in [5.74, 6) is 0.523. The molecule has 1 aliphatic heterocycles. The van der Waals surface area contributed by atoms with E-state index in [1.165, 1.54) is 0 Å². The van der Waals surface area contributed by atoms with Gasteiger partial charge in [-0.15, -0.1) is 0 Å². The van der Waals surface area contributed by atoms with Gasteiger partial charge in [-0.25, -0.2) is 4.79 Å². The summed E-state index contributed by atoms with van der Waals surface area (Å²) >= 11 is 0. The minimum absolute atomic E-state index is 0.448. The summed E-state index contributed by atoms with van der Waals surface area (Å²) in [5.41, 5.74) is 2.52. The number of rotatable bonds is 0. The van der Waals surface area contributed by atoms with Gasteiger partial charge in [0.1, 0.15) is 5.75 Å². The Morgan fingerprint density at radius 2 is 2.06 bits per heavy atom. The second kappa shape index (κ2) is 3.63. The first-order valence-electron chi connectivity index (χ1n) is 5.30. The van der Waals surface area contributed by atoms with Crippen LogP contribution in [0.25, 0.3) is 5.57 Å². The molecule has 0 bridgehead atoms. The molecule has 1 atom stereocenters. The predicted octanol–water partition coefficient (Wildman–Crippen LogP) is 3.09. The summed E-state index contributed by atoms with van der Waals surface area (Å²) in [6.07, 6.45) is 4.50. The van der Waals surface area contributed by atoms with Crippen LogP contribution in [0.1, 0.15) is 5.56 Å². The van der Waals surface area contributed by atoms with Crippen molar-refractivity contribution in [2.75, 3.05) is 0 Å². The molecule has 3 nitrogen and oxygen atoms in total. The molecule has 1 unspecified atom stereocenters. The summed E-state index contributed by atoms with van der Waals surface area (Å²) in [5, 5.41) is 0. The lowest BCUT2D eigenvalue weighted by atomic mass is 9.91. The van der Waals surface area contributed by atoms with Crippen LogP contribution in [0.2, 0.25) is 0 Å². The van der Waals surface area contributed by atoms with E-state index in [4.69, 9.17) is 9.47 Å². The van der Waals surface area contributed by atoms with Gasteiger partial charge >= 0.3 is 6.16 Å². The quantitative estimate of drug-likeness (QED) is 0.503. The first-order valence-corrected chi connectivity index (χ1v) is 5.30. The van der Waals surface area contributed by atoms with Crippen molar-refractivity contribution in [1.29, 1.82) is 0 Å². The van der Waals surface area contributed by atoms with Crippen molar-refractivity contribution < 1.29 is 14.3 Å². The Morgan fingerprint density at radius 1 is 1.24 bits per heavy atom. The molecule has 84 valence electrons. The standard InChI is InChI=1S/C14H10O3/c1-9-5-4-7-11-10-6-2-3-8-12(10)16-14(15)17-13(9)11/h2-8,13H,1H2. The van der Waals surface area contributed by atoms with Crippen LogP contribution in [-0.4, -0.2) is 12.3 Å². The van der Waals surface area contributed by atoms with E-state index < -0.39 is 12.3 Å². The van der Waals surface area contributed by atoms with Crippen molar-refractivity contribution in [3.63, 3.8) is 0 Å². The summed E-state index contributed by atoms with van der Waals surface area (Å²) in [6.45, 7) is 3.89. The highest BCUT2D eigenvalue weighted by molar-refractivity contribution is 5.84. The highest BCUT2D eigenvalue weighted by Crippen LogP contribution is 2.37. The number of benzene rings is 1. The monoisotopic (exact) mass is 226 g/mol. The molecule has 0 radical (unpaired) electrons. The van der Waals surface area contributed by atoms with E-state index in [9.17, 15) is 4.79 Å². The number of carbonyl (C=O) groups is 1. The van der Waals surface area contributed by atoms with Crippen LogP contribution < -0.4 is 4.74 Å². The van der Waals surface area contributed by atoms with E-state index in [2.05, 4.69) is 6.58 Å². The number of allylic oxidation sites excluding steroid dienone is 2. The molecule has 0 saturated carbocycles. The Kier molecular flexibility index (Phi) is 2.11. The number of ether oxygens (including phenoxy) is 2. The molecule has 0 spiro atoms. The summed E-state index contributed by atoms with van der Waals surface area (Å²) in [4.78, 5) is 11.5. The third-order valence-electron chi connectivity index (χ3n) is 2.81. The van der Waals surface area contributed by atoms with Gasteiger partial charge < -0.3 is 9.47 Å². The van der Waals surface area contributed by atoms with E-state index in [-0.39, 0.29) is 0 Å². The van der Waals surface area contributed by atoms with Gasteiger partial charge in [-0.1, -0.05) is 43.0 Å². The Hall–Kier alpha value is -2.29. The molecule has 0 saturated heterocycles. The van der Waals surface area contributed by atoms with Gasteiger partial charge in [0.25, 0.3) is 0 Å². The van der Waals surface area contributed by atoms with Gasteiger partial charge in [0.2, 0.25) is 0 Å². The van der Waals surface area contributed by atoms with Gasteiger partial charge in [0.15, 0.2) is 6.10 Å². The molecule has 17 heavy (non-hydrogen) atoms. The minimum atomic E-state index is -0.692. The average molecular weight is 226 g/mol. The van der Waals surface area contributed by atoms with Crippen LogP contribution >= 0.6 is 0 Å². The molecule has 0 N–H and O–H groups in total. The van der Waals surface area contributed by atoms with E-state index >= 15 is 0 Å². The third kappa shape index (κ3) is 1.56. The molecular weight excluding hydrogens is 216 g/mol. The SMILES string of the molecule is C=C1C=CC=C2c3ccccc3OC(=O)OC12. The van der Waals surface area contributed by atoms with E-state index in [0.717, 1.165) is 16.7 Å². The molecular formula is C14H10O3. The molecule has 1 aromatic rings. The normalized spacial score (nSPS) is 21.6. The Labute approximate surface area is 98.7 Å². The van der Waals surface area contributed by atoms with Gasteiger partial charge in [0.05, 0.1) is 0 Å². The molecule has 0 aromatic heterocycles. The number of para-hydroxylation sites is 1. The minimum Gasteiger partial charge on any atom is -0.421 e. The van der Waals surface area contributed by atoms with Crippen LogP contribution in [0, 0.1) is 0 Å². The molecule has 1 heterocycles. The molecule has 1 aromatic carbocycles. The van der Waals surface area contributed by atoms with Crippen LogP contribution in [0.3, 0.4) is 0 Å². The Bertz CT molecular complexity index is 567. The largest absolute Gasteiger partial charge is 0.514 e. The summed E-state index contributed by atoms with van der Waals surface area (Å²) < 4.78 is 10.4. The lowest BCUT2D eigenvalue weighted by Crippen LogP contribution is -2.21. The maximum Gasteiger partial charge on any atom is 0.514 e. The Morgan fingerprint density at radius 3 is 2.94 bits per heavy atom. The van der Waals surface area contributed by atoms with Gasteiger partial charge in [0, 0.05) is 11.1 Å².